The van der Waals surface area contributed by atoms with Crippen molar-refractivity contribution in [3.8, 4) is 11.5 Å². The Morgan fingerprint density at radius 3 is 2.29 bits per heavy atom. The van der Waals surface area contributed by atoms with Crippen LogP contribution in [0.25, 0.3) is 0 Å². The van der Waals surface area contributed by atoms with Crippen molar-refractivity contribution in [3.05, 3.63) is 23.8 Å². The van der Waals surface area contributed by atoms with Gasteiger partial charge in [-0.15, -0.1) is 12.4 Å². The summed E-state index contributed by atoms with van der Waals surface area (Å²) in [6.07, 6.45) is 0. The molecule has 0 radical (unpaired) electrons. The number of ether oxygens (including phenoxy) is 2. The minimum Gasteiger partial charge on any atom is -0.497 e. The van der Waals surface area contributed by atoms with Gasteiger partial charge in [-0.05, 0) is 19.1 Å². The molecule has 0 aliphatic heterocycles. The third kappa shape index (κ3) is 2.64. The van der Waals surface area contributed by atoms with Gasteiger partial charge >= 0.3 is 0 Å². The molecule has 0 saturated heterocycles. The Kier molecular flexibility index (Phi) is 5.02. The molecule has 0 fully saturated rings. The number of rotatable bonds is 3. The molecule has 4 heteroatoms. The van der Waals surface area contributed by atoms with Crippen molar-refractivity contribution in [1.29, 1.82) is 0 Å². The topological polar surface area (TPSA) is 35.5 Å². The minimum atomic E-state index is -0.0143. The molecule has 3 nitrogen and oxygen atoms in total. The normalized spacial score (nSPS) is 8.79. The Balaban J connectivity index is 0.00000169. The zero-order chi connectivity index (χ0) is 9.84. The molecule has 0 saturated carbocycles. The third-order valence-electron chi connectivity index (χ3n) is 1.79. The number of hydrogen-bond acceptors (Lipinski definition) is 3. The van der Waals surface area contributed by atoms with Gasteiger partial charge in [-0.3, -0.25) is 4.79 Å². The lowest BCUT2D eigenvalue weighted by Gasteiger charge is -2.07. The number of carbonyl (C=O) groups excluding carboxylic acids is 1. The van der Waals surface area contributed by atoms with E-state index in [4.69, 9.17) is 9.47 Å². The summed E-state index contributed by atoms with van der Waals surface area (Å²) in [6.45, 7) is 1.50. The molecule has 1 aromatic rings. The van der Waals surface area contributed by atoms with Crippen molar-refractivity contribution in [2.45, 2.75) is 6.92 Å². The summed E-state index contributed by atoms with van der Waals surface area (Å²) >= 11 is 0. The van der Waals surface area contributed by atoms with Crippen LogP contribution in [0.4, 0.5) is 0 Å². The van der Waals surface area contributed by atoms with Crippen molar-refractivity contribution in [2.24, 2.45) is 0 Å². The summed E-state index contributed by atoms with van der Waals surface area (Å²) in [6, 6.07) is 5.12. The van der Waals surface area contributed by atoms with Gasteiger partial charge < -0.3 is 9.47 Å². The van der Waals surface area contributed by atoms with Crippen molar-refractivity contribution in [3.63, 3.8) is 0 Å². The van der Waals surface area contributed by atoms with E-state index in [9.17, 15) is 4.79 Å². The van der Waals surface area contributed by atoms with Gasteiger partial charge in [-0.25, -0.2) is 0 Å². The fraction of sp³-hybridized carbons (Fsp3) is 0.300. The van der Waals surface area contributed by atoms with Gasteiger partial charge in [-0.1, -0.05) is 0 Å². The van der Waals surface area contributed by atoms with Crippen LogP contribution in [0, 0.1) is 0 Å². The second-order valence-electron chi connectivity index (χ2n) is 2.62. The van der Waals surface area contributed by atoms with Crippen molar-refractivity contribution in [2.75, 3.05) is 14.2 Å². The summed E-state index contributed by atoms with van der Waals surface area (Å²) in [5.41, 5.74) is 0.573. The summed E-state index contributed by atoms with van der Waals surface area (Å²) in [7, 11) is 3.10. The first-order chi connectivity index (χ1) is 6.19. The van der Waals surface area contributed by atoms with E-state index in [2.05, 4.69) is 0 Å². The second kappa shape index (κ2) is 5.50. The van der Waals surface area contributed by atoms with Gasteiger partial charge in [0.05, 0.1) is 19.8 Å². The van der Waals surface area contributed by atoms with Crippen LogP contribution in [-0.4, -0.2) is 20.0 Å². The monoisotopic (exact) mass is 216 g/mol. The van der Waals surface area contributed by atoms with Crippen LogP contribution in [0.5, 0.6) is 11.5 Å². The van der Waals surface area contributed by atoms with Gasteiger partial charge in [0.2, 0.25) is 0 Å². The summed E-state index contributed by atoms with van der Waals surface area (Å²) in [5.74, 6) is 1.22. The average Bonchev–Trinajstić information content (AvgIpc) is 2.16. The van der Waals surface area contributed by atoms with Gasteiger partial charge in [0.25, 0.3) is 0 Å². The molecular formula is C10H13ClO3. The molecule has 0 bridgehead atoms. The molecule has 0 N–H and O–H groups in total. The molecule has 0 spiro atoms. The Morgan fingerprint density at radius 1 is 1.21 bits per heavy atom. The van der Waals surface area contributed by atoms with Crippen LogP contribution in [-0.2, 0) is 0 Å². The van der Waals surface area contributed by atoms with E-state index in [1.807, 2.05) is 0 Å². The van der Waals surface area contributed by atoms with Crippen molar-refractivity contribution >= 4 is 18.2 Å². The van der Waals surface area contributed by atoms with Crippen LogP contribution < -0.4 is 9.47 Å². The molecule has 1 aromatic carbocycles. The molecule has 0 aromatic heterocycles. The third-order valence-corrected chi connectivity index (χ3v) is 1.79. The lowest BCUT2D eigenvalue weighted by atomic mass is 10.1. The van der Waals surface area contributed by atoms with E-state index in [1.165, 1.54) is 14.0 Å². The molecule has 1 rings (SSSR count). The average molecular weight is 217 g/mol. The molecular weight excluding hydrogens is 204 g/mol. The van der Waals surface area contributed by atoms with E-state index in [0.29, 0.717) is 17.1 Å². The largest absolute Gasteiger partial charge is 0.497 e. The first kappa shape index (κ1) is 12.8. The highest BCUT2D eigenvalue weighted by molar-refractivity contribution is 5.97. The fourth-order valence-corrected chi connectivity index (χ4v) is 1.09. The van der Waals surface area contributed by atoms with Crippen LogP contribution in [0.15, 0.2) is 18.2 Å². The molecule has 0 aliphatic carbocycles. The van der Waals surface area contributed by atoms with E-state index in [0.717, 1.165) is 0 Å². The van der Waals surface area contributed by atoms with Crippen molar-refractivity contribution in [1.82, 2.24) is 0 Å². The first-order valence-electron chi connectivity index (χ1n) is 3.92. The van der Waals surface area contributed by atoms with Gasteiger partial charge in [0.15, 0.2) is 5.78 Å². The number of halogens is 1. The Labute approximate surface area is 89.4 Å². The minimum absolute atomic E-state index is 0. The van der Waals surface area contributed by atoms with E-state index >= 15 is 0 Å². The molecule has 0 aliphatic rings. The van der Waals surface area contributed by atoms with Gasteiger partial charge in [0.1, 0.15) is 11.5 Å². The molecule has 78 valence electrons. The number of methoxy groups -OCH3 is 2. The SMILES string of the molecule is COc1ccc(C(C)=O)c(OC)c1.Cl. The lowest BCUT2D eigenvalue weighted by molar-refractivity contribution is 0.101. The van der Waals surface area contributed by atoms with Crippen LogP contribution in [0.3, 0.4) is 0 Å². The predicted octanol–water partition coefficient (Wildman–Crippen LogP) is 2.33. The highest BCUT2D eigenvalue weighted by atomic mass is 35.5. The van der Waals surface area contributed by atoms with Crippen LogP contribution in [0.2, 0.25) is 0 Å². The molecule has 0 amide bonds. The highest BCUT2D eigenvalue weighted by Gasteiger charge is 2.08. The molecule has 0 unspecified atom stereocenters. The van der Waals surface area contributed by atoms with E-state index in [1.54, 1.807) is 25.3 Å². The molecule has 0 atom stereocenters. The smallest absolute Gasteiger partial charge is 0.163 e. The Bertz CT molecular complexity index is 323. The maximum Gasteiger partial charge on any atom is 0.163 e. The Hall–Kier alpha value is -1.22. The predicted molar refractivity (Wildman–Crippen MR) is 56.8 cm³/mol. The maximum absolute atomic E-state index is 11.1. The maximum atomic E-state index is 11.1. The summed E-state index contributed by atoms with van der Waals surface area (Å²) in [4.78, 5) is 11.1. The lowest BCUT2D eigenvalue weighted by Crippen LogP contribution is -1.97. The van der Waals surface area contributed by atoms with Crippen molar-refractivity contribution < 1.29 is 14.3 Å². The number of hydrogen-bond donors (Lipinski definition) is 0. The quantitative estimate of drug-likeness (QED) is 0.728. The van der Waals surface area contributed by atoms with Gasteiger partial charge in [-0.2, -0.15) is 0 Å². The standard InChI is InChI=1S/C10H12O3.ClH/c1-7(11)9-5-4-8(12-2)6-10(9)13-3;/h4-6H,1-3H3;1H. The second-order valence-corrected chi connectivity index (χ2v) is 2.62. The zero-order valence-corrected chi connectivity index (χ0v) is 9.18. The van der Waals surface area contributed by atoms with Crippen LogP contribution >= 0.6 is 12.4 Å². The highest BCUT2D eigenvalue weighted by Crippen LogP contribution is 2.24. The number of Topliss-reactive ketones (excluding diaryl/α,β-unsaturated/α-hetero) is 1. The zero-order valence-electron chi connectivity index (χ0n) is 8.37. The molecule has 0 heterocycles. The van der Waals surface area contributed by atoms with Crippen LogP contribution in [0.1, 0.15) is 17.3 Å². The summed E-state index contributed by atoms with van der Waals surface area (Å²) in [5, 5.41) is 0. The van der Waals surface area contributed by atoms with Gasteiger partial charge in [0, 0.05) is 6.07 Å². The number of carbonyl (C=O) groups is 1. The number of benzene rings is 1. The molecule has 14 heavy (non-hydrogen) atoms. The van der Waals surface area contributed by atoms with E-state index in [-0.39, 0.29) is 18.2 Å². The fourth-order valence-electron chi connectivity index (χ4n) is 1.09. The summed E-state index contributed by atoms with van der Waals surface area (Å²) < 4.78 is 10.0. The Morgan fingerprint density at radius 2 is 1.86 bits per heavy atom. The first-order valence-corrected chi connectivity index (χ1v) is 3.92. The van der Waals surface area contributed by atoms with E-state index < -0.39 is 0 Å². The number of ketones is 1.